The van der Waals surface area contributed by atoms with Gasteiger partial charge in [-0.2, -0.15) is 0 Å². The standard InChI is InChI=1S/C14H16F2O2/c1-4-14(15,16)12(10(2)13(17)18-3)11-8-6-5-7-9-11/h5-9,12H,2,4H2,1,3H3/t12-/m0/s1. The molecule has 98 valence electrons. The Hall–Kier alpha value is -1.71. The van der Waals surface area contributed by atoms with Gasteiger partial charge in [-0.15, -0.1) is 0 Å². The highest BCUT2D eigenvalue weighted by Gasteiger charge is 2.42. The maximum absolute atomic E-state index is 14.0. The lowest BCUT2D eigenvalue weighted by Gasteiger charge is -2.27. The molecule has 0 N–H and O–H groups in total. The molecule has 0 aliphatic carbocycles. The van der Waals surface area contributed by atoms with Gasteiger partial charge in [0.05, 0.1) is 13.0 Å². The van der Waals surface area contributed by atoms with Crippen LogP contribution >= 0.6 is 0 Å². The molecule has 0 fully saturated rings. The van der Waals surface area contributed by atoms with Crippen molar-refractivity contribution in [2.24, 2.45) is 0 Å². The Kier molecular flexibility index (Phi) is 4.59. The van der Waals surface area contributed by atoms with Gasteiger partial charge in [0.25, 0.3) is 5.92 Å². The first-order valence-electron chi connectivity index (χ1n) is 5.64. The van der Waals surface area contributed by atoms with Gasteiger partial charge < -0.3 is 4.74 Å². The molecule has 0 saturated heterocycles. The van der Waals surface area contributed by atoms with E-state index in [1.807, 2.05) is 0 Å². The van der Waals surface area contributed by atoms with Crippen LogP contribution in [0, 0.1) is 0 Å². The summed E-state index contributed by atoms with van der Waals surface area (Å²) in [5, 5.41) is 0. The van der Waals surface area contributed by atoms with Crippen LogP contribution in [-0.2, 0) is 9.53 Å². The van der Waals surface area contributed by atoms with Gasteiger partial charge in [-0.25, -0.2) is 13.6 Å². The van der Waals surface area contributed by atoms with Crippen molar-refractivity contribution in [1.29, 1.82) is 0 Å². The van der Waals surface area contributed by atoms with Gasteiger partial charge in [0.1, 0.15) is 0 Å². The summed E-state index contributed by atoms with van der Waals surface area (Å²) in [5.74, 6) is -5.19. The number of carbonyl (C=O) groups is 1. The quantitative estimate of drug-likeness (QED) is 0.593. The van der Waals surface area contributed by atoms with Crippen LogP contribution in [0.1, 0.15) is 24.8 Å². The molecule has 1 aromatic carbocycles. The minimum atomic E-state index is -3.04. The van der Waals surface area contributed by atoms with Crippen molar-refractivity contribution in [2.45, 2.75) is 25.2 Å². The van der Waals surface area contributed by atoms with Gasteiger partial charge in [-0.1, -0.05) is 43.8 Å². The Balaban J connectivity index is 3.20. The zero-order chi connectivity index (χ0) is 13.8. The topological polar surface area (TPSA) is 26.3 Å². The number of halogens is 2. The summed E-state index contributed by atoms with van der Waals surface area (Å²) in [5.41, 5.74) is 0.135. The molecular weight excluding hydrogens is 238 g/mol. The van der Waals surface area contributed by atoms with Crippen molar-refractivity contribution in [3.63, 3.8) is 0 Å². The van der Waals surface area contributed by atoms with Gasteiger partial charge in [0.2, 0.25) is 0 Å². The summed E-state index contributed by atoms with van der Waals surface area (Å²) in [6, 6.07) is 8.15. The molecule has 0 unspecified atom stereocenters. The Morgan fingerprint density at radius 3 is 2.39 bits per heavy atom. The molecule has 0 amide bonds. The summed E-state index contributed by atoms with van der Waals surface area (Å²) in [6.45, 7) is 4.84. The summed E-state index contributed by atoms with van der Waals surface area (Å²) in [4.78, 5) is 11.4. The number of ether oxygens (including phenoxy) is 1. The van der Waals surface area contributed by atoms with Crippen LogP contribution in [0.4, 0.5) is 8.78 Å². The monoisotopic (exact) mass is 254 g/mol. The normalized spacial score (nSPS) is 12.9. The molecular formula is C14H16F2O2. The largest absolute Gasteiger partial charge is 0.466 e. The van der Waals surface area contributed by atoms with Gasteiger partial charge in [0, 0.05) is 12.0 Å². The minimum absolute atomic E-state index is 0.226. The highest BCUT2D eigenvalue weighted by molar-refractivity contribution is 5.89. The fraction of sp³-hybridized carbons (Fsp3) is 0.357. The maximum Gasteiger partial charge on any atom is 0.333 e. The second-order valence-corrected chi connectivity index (χ2v) is 3.98. The van der Waals surface area contributed by atoms with E-state index in [9.17, 15) is 13.6 Å². The number of carbonyl (C=O) groups excluding carboxylic acids is 1. The fourth-order valence-corrected chi connectivity index (χ4v) is 1.80. The molecule has 0 bridgehead atoms. The molecule has 18 heavy (non-hydrogen) atoms. The molecule has 0 heterocycles. The number of rotatable bonds is 5. The van der Waals surface area contributed by atoms with E-state index in [2.05, 4.69) is 11.3 Å². The van der Waals surface area contributed by atoms with Crippen LogP contribution in [0.25, 0.3) is 0 Å². The molecule has 1 atom stereocenters. The molecule has 1 rings (SSSR count). The molecule has 0 saturated carbocycles. The van der Waals surface area contributed by atoms with E-state index < -0.39 is 17.8 Å². The third-order valence-electron chi connectivity index (χ3n) is 2.82. The van der Waals surface area contributed by atoms with E-state index in [0.717, 1.165) is 7.11 Å². The van der Waals surface area contributed by atoms with Crippen LogP contribution < -0.4 is 0 Å². The molecule has 0 aliphatic heterocycles. The number of hydrogen-bond donors (Lipinski definition) is 0. The Labute approximate surface area is 105 Å². The smallest absolute Gasteiger partial charge is 0.333 e. The lowest BCUT2D eigenvalue weighted by atomic mass is 9.85. The van der Waals surface area contributed by atoms with Crippen LogP contribution in [0.5, 0.6) is 0 Å². The number of methoxy groups -OCH3 is 1. The SMILES string of the molecule is C=C(C(=O)OC)[C@@H](c1ccccc1)C(F)(F)CC. The molecule has 0 aromatic heterocycles. The second-order valence-electron chi connectivity index (χ2n) is 3.98. The highest BCUT2D eigenvalue weighted by atomic mass is 19.3. The van der Waals surface area contributed by atoms with E-state index in [1.165, 1.54) is 6.92 Å². The van der Waals surface area contributed by atoms with E-state index in [1.54, 1.807) is 30.3 Å². The van der Waals surface area contributed by atoms with Crippen LogP contribution in [0.3, 0.4) is 0 Å². The lowest BCUT2D eigenvalue weighted by Crippen LogP contribution is -2.30. The van der Waals surface area contributed by atoms with Gasteiger partial charge in [-0.3, -0.25) is 0 Å². The number of esters is 1. The average Bonchev–Trinajstić information content (AvgIpc) is 2.38. The van der Waals surface area contributed by atoms with Crippen molar-refractivity contribution >= 4 is 5.97 Å². The number of hydrogen-bond acceptors (Lipinski definition) is 2. The summed E-state index contributed by atoms with van der Waals surface area (Å²) in [7, 11) is 1.15. The summed E-state index contributed by atoms with van der Waals surface area (Å²) < 4.78 is 32.4. The Morgan fingerprint density at radius 1 is 1.39 bits per heavy atom. The van der Waals surface area contributed by atoms with E-state index in [0.29, 0.717) is 5.56 Å². The molecule has 4 heteroatoms. The van der Waals surface area contributed by atoms with Crippen molar-refractivity contribution in [3.05, 3.63) is 48.0 Å². The Morgan fingerprint density at radius 2 is 1.94 bits per heavy atom. The minimum Gasteiger partial charge on any atom is -0.466 e. The molecule has 0 spiro atoms. The van der Waals surface area contributed by atoms with Crippen molar-refractivity contribution in [1.82, 2.24) is 0 Å². The van der Waals surface area contributed by atoms with E-state index in [-0.39, 0.29) is 12.0 Å². The van der Waals surface area contributed by atoms with E-state index in [4.69, 9.17) is 0 Å². The third-order valence-corrected chi connectivity index (χ3v) is 2.82. The van der Waals surface area contributed by atoms with Gasteiger partial charge in [0.15, 0.2) is 0 Å². The van der Waals surface area contributed by atoms with Crippen LogP contribution in [0.2, 0.25) is 0 Å². The third kappa shape index (κ3) is 2.94. The van der Waals surface area contributed by atoms with Gasteiger partial charge in [-0.05, 0) is 5.56 Å². The first-order valence-corrected chi connectivity index (χ1v) is 5.64. The predicted molar refractivity (Wildman–Crippen MR) is 65.6 cm³/mol. The lowest BCUT2D eigenvalue weighted by molar-refractivity contribution is -0.137. The molecule has 2 nitrogen and oxygen atoms in total. The molecule has 0 radical (unpaired) electrons. The van der Waals surface area contributed by atoms with Crippen molar-refractivity contribution in [2.75, 3.05) is 7.11 Å². The molecule has 1 aromatic rings. The van der Waals surface area contributed by atoms with Gasteiger partial charge >= 0.3 is 5.97 Å². The first-order chi connectivity index (χ1) is 8.44. The zero-order valence-corrected chi connectivity index (χ0v) is 10.5. The van der Waals surface area contributed by atoms with Crippen molar-refractivity contribution < 1.29 is 18.3 Å². The number of alkyl halides is 2. The zero-order valence-electron chi connectivity index (χ0n) is 10.5. The fourth-order valence-electron chi connectivity index (χ4n) is 1.80. The highest BCUT2D eigenvalue weighted by Crippen LogP contribution is 2.40. The first kappa shape index (κ1) is 14.4. The predicted octanol–water partition coefficient (Wildman–Crippen LogP) is 3.54. The van der Waals surface area contributed by atoms with Crippen LogP contribution in [-0.4, -0.2) is 19.0 Å². The van der Waals surface area contributed by atoms with Crippen molar-refractivity contribution in [3.8, 4) is 0 Å². The summed E-state index contributed by atoms with van der Waals surface area (Å²) in [6.07, 6.45) is -0.372. The molecule has 0 aliphatic rings. The van der Waals surface area contributed by atoms with E-state index >= 15 is 0 Å². The number of benzene rings is 1. The second kappa shape index (κ2) is 5.76. The maximum atomic E-state index is 14.0. The average molecular weight is 254 g/mol. The summed E-state index contributed by atoms with van der Waals surface area (Å²) >= 11 is 0. The Bertz CT molecular complexity index is 427. The van der Waals surface area contributed by atoms with Crippen LogP contribution in [0.15, 0.2) is 42.5 Å².